The van der Waals surface area contributed by atoms with E-state index in [1.54, 1.807) is 26.8 Å². The molecule has 2 atom stereocenters. The molecule has 3 nitrogen and oxygen atoms in total. The van der Waals surface area contributed by atoms with E-state index in [4.69, 9.17) is 14.2 Å². The van der Waals surface area contributed by atoms with E-state index >= 15 is 0 Å². The molecule has 0 bridgehead atoms. The molecule has 1 rings (SSSR count). The molecule has 144 valence electrons. The van der Waals surface area contributed by atoms with E-state index in [9.17, 15) is 8.78 Å². The van der Waals surface area contributed by atoms with Crippen LogP contribution >= 0.6 is 0 Å². The third kappa shape index (κ3) is 6.73. The van der Waals surface area contributed by atoms with Crippen LogP contribution in [-0.2, 0) is 20.8 Å². The van der Waals surface area contributed by atoms with Crippen molar-refractivity contribution in [3.05, 3.63) is 65.0 Å². The highest BCUT2D eigenvalue weighted by Crippen LogP contribution is 2.26. The molecular weight excluding hydrogens is 338 g/mol. The fraction of sp³-hybridized carbons (Fsp3) is 0.429. The minimum absolute atomic E-state index is 0.0888. The topological polar surface area (TPSA) is 27.7 Å². The second-order valence-corrected chi connectivity index (χ2v) is 6.13. The first kappa shape index (κ1) is 22.1. The number of benzene rings is 1. The lowest BCUT2D eigenvalue weighted by Crippen LogP contribution is -2.18. The van der Waals surface area contributed by atoms with Gasteiger partial charge in [-0.15, -0.1) is 0 Å². The normalized spacial score (nSPS) is 15.7. The van der Waals surface area contributed by atoms with Gasteiger partial charge in [-0.25, -0.2) is 8.78 Å². The molecule has 0 radical (unpaired) electrons. The van der Waals surface area contributed by atoms with E-state index in [2.05, 4.69) is 6.58 Å². The second-order valence-electron chi connectivity index (χ2n) is 6.13. The van der Waals surface area contributed by atoms with Gasteiger partial charge in [-0.2, -0.15) is 0 Å². The third-order valence-electron chi connectivity index (χ3n) is 4.17. The Kier molecular flexibility index (Phi) is 9.24. The Morgan fingerprint density at radius 2 is 1.69 bits per heavy atom. The summed E-state index contributed by atoms with van der Waals surface area (Å²) in [6.45, 7) is 10.8. The fourth-order valence-corrected chi connectivity index (χ4v) is 2.05. The zero-order valence-electron chi connectivity index (χ0n) is 16.1. The van der Waals surface area contributed by atoms with Gasteiger partial charge < -0.3 is 14.2 Å². The van der Waals surface area contributed by atoms with Crippen LogP contribution in [0.25, 0.3) is 6.08 Å². The molecule has 26 heavy (non-hydrogen) atoms. The maximum Gasteiger partial charge on any atom is 0.195 e. The highest BCUT2D eigenvalue weighted by atomic mass is 19.2. The first-order valence-corrected chi connectivity index (χ1v) is 8.51. The molecule has 0 heterocycles. The third-order valence-corrected chi connectivity index (χ3v) is 4.17. The van der Waals surface area contributed by atoms with Crippen molar-refractivity contribution in [2.24, 2.45) is 5.92 Å². The van der Waals surface area contributed by atoms with Crippen LogP contribution < -0.4 is 0 Å². The SMILES string of the molecule is C=Cc1ccc(COC(C)OCC(C)/C(C)=C(F)/C(F)=C(\C)OC)cc1. The van der Waals surface area contributed by atoms with Crippen LogP contribution in [0, 0.1) is 5.92 Å². The summed E-state index contributed by atoms with van der Waals surface area (Å²) in [6, 6.07) is 7.84. The lowest BCUT2D eigenvalue weighted by molar-refractivity contribution is -0.142. The smallest absolute Gasteiger partial charge is 0.195 e. The molecule has 2 unspecified atom stereocenters. The Morgan fingerprint density at radius 3 is 2.23 bits per heavy atom. The van der Waals surface area contributed by atoms with Crippen molar-refractivity contribution >= 4 is 6.08 Å². The van der Waals surface area contributed by atoms with Crippen LogP contribution in [0.3, 0.4) is 0 Å². The van der Waals surface area contributed by atoms with E-state index in [0.29, 0.717) is 6.61 Å². The van der Waals surface area contributed by atoms with Crippen LogP contribution in [0.4, 0.5) is 8.78 Å². The van der Waals surface area contributed by atoms with Crippen molar-refractivity contribution < 1.29 is 23.0 Å². The molecule has 1 aromatic carbocycles. The maximum atomic E-state index is 14.1. The highest BCUT2D eigenvalue weighted by molar-refractivity contribution is 5.47. The summed E-state index contributed by atoms with van der Waals surface area (Å²) < 4.78 is 43.9. The molecule has 0 aliphatic carbocycles. The predicted octanol–water partition coefficient (Wildman–Crippen LogP) is 5.94. The molecule has 0 amide bonds. The molecule has 0 fully saturated rings. The molecule has 0 saturated carbocycles. The van der Waals surface area contributed by atoms with Crippen LogP contribution in [0.15, 0.2) is 53.8 Å². The molecule has 1 aromatic rings. The van der Waals surface area contributed by atoms with Crippen molar-refractivity contribution in [3.8, 4) is 0 Å². The fourth-order valence-electron chi connectivity index (χ4n) is 2.05. The quantitative estimate of drug-likeness (QED) is 0.291. The zero-order chi connectivity index (χ0) is 19.7. The van der Waals surface area contributed by atoms with Gasteiger partial charge in [0.2, 0.25) is 0 Å². The number of allylic oxidation sites excluding steroid dienone is 3. The lowest BCUT2D eigenvalue weighted by atomic mass is 10.0. The molecule has 0 aromatic heterocycles. The van der Waals surface area contributed by atoms with E-state index in [0.717, 1.165) is 11.1 Å². The monoisotopic (exact) mass is 366 g/mol. The van der Waals surface area contributed by atoms with Gasteiger partial charge in [0.25, 0.3) is 0 Å². The average molecular weight is 366 g/mol. The van der Waals surface area contributed by atoms with Crippen LogP contribution in [-0.4, -0.2) is 20.0 Å². The van der Waals surface area contributed by atoms with E-state index in [-0.39, 0.29) is 23.9 Å². The minimum atomic E-state index is -0.982. The second kappa shape index (κ2) is 10.9. The van der Waals surface area contributed by atoms with Gasteiger partial charge in [0, 0.05) is 5.92 Å². The molecular formula is C21H28F2O3. The first-order valence-electron chi connectivity index (χ1n) is 8.51. The van der Waals surface area contributed by atoms with Crippen molar-refractivity contribution in [2.45, 2.75) is 40.6 Å². The van der Waals surface area contributed by atoms with Gasteiger partial charge in [0.05, 0.1) is 20.3 Å². The Labute approximate surface area is 155 Å². The number of halogens is 2. The number of hydrogen-bond donors (Lipinski definition) is 0. The zero-order valence-corrected chi connectivity index (χ0v) is 16.1. The number of methoxy groups -OCH3 is 1. The molecule has 0 aliphatic rings. The standard InChI is InChI=1S/C21H28F2O3/c1-7-18-8-10-19(11-9-18)13-26-17(5)25-12-14(2)15(3)20(22)21(23)16(4)24-6/h7-11,14,17H,1,12-13H2,2-6H3/b20-15-,21-16-. The molecule has 0 spiro atoms. The number of ether oxygens (including phenoxy) is 3. The molecule has 0 saturated heterocycles. The summed E-state index contributed by atoms with van der Waals surface area (Å²) in [7, 11) is 1.30. The van der Waals surface area contributed by atoms with Gasteiger partial charge in [-0.1, -0.05) is 43.8 Å². The predicted molar refractivity (Wildman–Crippen MR) is 101 cm³/mol. The first-order chi connectivity index (χ1) is 12.3. The maximum absolute atomic E-state index is 14.1. The average Bonchev–Trinajstić information content (AvgIpc) is 2.68. The molecule has 0 aliphatic heterocycles. The van der Waals surface area contributed by atoms with Crippen LogP contribution in [0.2, 0.25) is 0 Å². The summed E-state index contributed by atoms with van der Waals surface area (Å²) in [5, 5.41) is 0. The summed E-state index contributed by atoms with van der Waals surface area (Å²) in [6.07, 6.45) is 1.31. The van der Waals surface area contributed by atoms with Gasteiger partial charge in [-0.05, 0) is 37.5 Å². The summed E-state index contributed by atoms with van der Waals surface area (Å²) in [4.78, 5) is 0. The van der Waals surface area contributed by atoms with Crippen molar-refractivity contribution in [2.75, 3.05) is 13.7 Å². The molecule has 5 heteroatoms. The summed E-state index contributed by atoms with van der Waals surface area (Å²) in [5.41, 5.74) is 2.33. The van der Waals surface area contributed by atoms with E-state index < -0.39 is 17.9 Å². The van der Waals surface area contributed by atoms with Crippen molar-refractivity contribution in [1.29, 1.82) is 0 Å². The Morgan fingerprint density at radius 1 is 1.08 bits per heavy atom. The van der Waals surface area contributed by atoms with E-state index in [1.807, 2.05) is 24.3 Å². The molecule has 0 N–H and O–H groups in total. The highest BCUT2D eigenvalue weighted by Gasteiger charge is 2.17. The van der Waals surface area contributed by atoms with Crippen LogP contribution in [0.5, 0.6) is 0 Å². The van der Waals surface area contributed by atoms with Gasteiger partial charge in [0.15, 0.2) is 17.9 Å². The van der Waals surface area contributed by atoms with Crippen LogP contribution in [0.1, 0.15) is 38.8 Å². The lowest BCUT2D eigenvalue weighted by Gasteiger charge is -2.19. The minimum Gasteiger partial charge on any atom is -0.498 e. The Balaban J connectivity index is 2.52. The summed E-state index contributed by atoms with van der Waals surface area (Å²) in [5.74, 6) is -2.28. The van der Waals surface area contributed by atoms with Crippen molar-refractivity contribution in [1.82, 2.24) is 0 Å². The van der Waals surface area contributed by atoms with Crippen molar-refractivity contribution in [3.63, 3.8) is 0 Å². The number of rotatable bonds is 10. The van der Waals surface area contributed by atoms with Gasteiger partial charge >= 0.3 is 0 Å². The largest absolute Gasteiger partial charge is 0.498 e. The Hall–Kier alpha value is -1.98. The summed E-state index contributed by atoms with van der Waals surface area (Å²) >= 11 is 0. The number of hydrogen-bond acceptors (Lipinski definition) is 3. The van der Waals surface area contributed by atoms with Gasteiger partial charge in [0.1, 0.15) is 5.76 Å². The Bertz CT molecular complexity index is 648. The van der Waals surface area contributed by atoms with Gasteiger partial charge in [-0.3, -0.25) is 0 Å². The van der Waals surface area contributed by atoms with E-state index in [1.165, 1.54) is 14.0 Å².